The molecule has 3 rings (SSSR count). The highest BCUT2D eigenvalue weighted by atomic mass is 35.5. The quantitative estimate of drug-likeness (QED) is 0.449. The molecule has 2 N–H and O–H groups in total. The zero-order valence-corrected chi connectivity index (χ0v) is 19.2. The van der Waals surface area contributed by atoms with Crippen molar-refractivity contribution in [2.24, 2.45) is 0 Å². The van der Waals surface area contributed by atoms with E-state index in [9.17, 15) is 27.6 Å². The number of nitrogens with one attached hydrogen (secondary N) is 2. The standard InChI is InChI=1S/C21H20ClF3N2O5S/c1-31-18(29)15-13-5-3-4-6-14(13)33-17(15)27-20(19(30)32-2,21(23,24)25)26-16(28)11-7-9-12(22)10-8-11/h7-10,27H,3-6H2,1-2H3,(H,26,28)/t20-/m1/s1. The lowest BCUT2D eigenvalue weighted by molar-refractivity contribution is -0.203. The minimum absolute atomic E-state index is 0.0875. The molecule has 0 fully saturated rings. The Bertz CT molecular complexity index is 1070. The number of ether oxygens (including phenoxy) is 2. The highest BCUT2D eigenvalue weighted by Crippen LogP contribution is 2.42. The van der Waals surface area contributed by atoms with Crippen molar-refractivity contribution in [1.82, 2.24) is 5.32 Å². The number of aryl methyl sites for hydroxylation is 1. The lowest BCUT2D eigenvalue weighted by Gasteiger charge is -2.34. The first-order valence-corrected chi connectivity index (χ1v) is 11.0. The van der Waals surface area contributed by atoms with Crippen LogP contribution in [0.1, 0.15) is 44.0 Å². The average Bonchev–Trinajstić information content (AvgIpc) is 3.14. The van der Waals surface area contributed by atoms with E-state index in [0.29, 0.717) is 23.3 Å². The predicted octanol–water partition coefficient (Wildman–Crippen LogP) is 4.34. The van der Waals surface area contributed by atoms with Gasteiger partial charge in [-0.1, -0.05) is 11.6 Å². The third-order valence-electron chi connectivity index (χ3n) is 5.19. The van der Waals surface area contributed by atoms with Gasteiger partial charge in [-0.2, -0.15) is 13.2 Å². The summed E-state index contributed by atoms with van der Waals surface area (Å²) in [5.74, 6) is -3.86. The molecule has 2 aromatic rings. The van der Waals surface area contributed by atoms with Gasteiger partial charge in [0.05, 0.1) is 19.8 Å². The zero-order chi connectivity index (χ0) is 24.4. The number of benzene rings is 1. The zero-order valence-electron chi connectivity index (χ0n) is 17.6. The van der Waals surface area contributed by atoms with Crippen molar-refractivity contribution >= 4 is 45.8 Å². The van der Waals surface area contributed by atoms with Gasteiger partial charge in [0, 0.05) is 15.5 Å². The Balaban J connectivity index is 2.12. The lowest BCUT2D eigenvalue weighted by Crippen LogP contribution is -2.69. The van der Waals surface area contributed by atoms with E-state index >= 15 is 0 Å². The van der Waals surface area contributed by atoms with Crippen molar-refractivity contribution in [3.05, 3.63) is 50.9 Å². The van der Waals surface area contributed by atoms with Crippen LogP contribution < -0.4 is 10.6 Å². The summed E-state index contributed by atoms with van der Waals surface area (Å²) < 4.78 is 52.5. The molecule has 1 aliphatic carbocycles. The fourth-order valence-electron chi connectivity index (χ4n) is 3.53. The predicted molar refractivity (Wildman–Crippen MR) is 116 cm³/mol. The maximum absolute atomic E-state index is 14.4. The normalized spacial score (nSPS) is 15.1. The Hall–Kier alpha value is -2.79. The molecule has 12 heteroatoms. The lowest BCUT2D eigenvalue weighted by atomic mass is 9.95. The fraction of sp³-hybridized carbons (Fsp3) is 0.381. The summed E-state index contributed by atoms with van der Waals surface area (Å²) in [5.41, 5.74) is -3.35. The van der Waals surface area contributed by atoms with Crippen LogP contribution in [-0.4, -0.2) is 43.9 Å². The maximum atomic E-state index is 14.4. The molecule has 7 nitrogen and oxygen atoms in total. The molecule has 0 radical (unpaired) electrons. The summed E-state index contributed by atoms with van der Waals surface area (Å²) >= 11 is 6.69. The van der Waals surface area contributed by atoms with E-state index in [1.54, 1.807) is 5.32 Å². The van der Waals surface area contributed by atoms with Gasteiger partial charge in [-0.3, -0.25) is 4.79 Å². The van der Waals surface area contributed by atoms with Gasteiger partial charge in [0.25, 0.3) is 5.91 Å². The summed E-state index contributed by atoms with van der Waals surface area (Å²) in [6.07, 6.45) is -2.74. The molecule has 1 atom stereocenters. The van der Waals surface area contributed by atoms with Gasteiger partial charge in [-0.15, -0.1) is 11.3 Å². The smallest absolute Gasteiger partial charge is 0.441 e. The number of carbonyl (C=O) groups excluding carboxylic acids is 3. The second-order valence-corrected chi connectivity index (χ2v) is 8.77. The Morgan fingerprint density at radius 3 is 2.24 bits per heavy atom. The van der Waals surface area contributed by atoms with Gasteiger partial charge in [0.1, 0.15) is 5.00 Å². The molecule has 0 saturated carbocycles. The van der Waals surface area contributed by atoms with E-state index in [-0.39, 0.29) is 21.2 Å². The topological polar surface area (TPSA) is 93.7 Å². The summed E-state index contributed by atoms with van der Waals surface area (Å²) in [6, 6.07) is 5.06. The van der Waals surface area contributed by atoms with E-state index in [2.05, 4.69) is 10.1 Å². The molecule has 1 amide bonds. The Morgan fingerprint density at radius 2 is 1.67 bits per heavy atom. The first-order chi connectivity index (χ1) is 15.5. The highest BCUT2D eigenvalue weighted by Gasteiger charge is 2.64. The van der Waals surface area contributed by atoms with Gasteiger partial charge in [-0.05, 0) is 55.5 Å². The number of anilines is 1. The van der Waals surface area contributed by atoms with Crippen LogP contribution >= 0.6 is 22.9 Å². The van der Waals surface area contributed by atoms with Crippen molar-refractivity contribution in [1.29, 1.82) is 0 Å². The monoisotopic (exact) mass is 504 g/mol. The summed E-state index contributed by atoms with van der Waals surface area (Å²) in [7, 11) is 1.87. The molecular weight excluding hydrogens is 485 g/mol. The molecule has 1 heterocycles. The van der Waals surface area contributed by atoms with Crippen LogP contribution in [0.25, 0.3) is 0 Å². The third-order valence-corrected chi connectivity index (χ3v) is 6.65. The Kier molecular flexibility index (Phi) is 7.23. The van der Waals surface area contributed by atoms with Gasteiger partial charge in [-0.25, -0.2) is 9.59 Å². The van der Waals surface area contributed by atoms with E-state index in [0.717, 1.165) is 38.4 Å². The third kappa shape index (κ3) is 4.79. The number of amides is 1. The number of alkyl halides is 3. The molecule has 0 unspecified atom stereocenters. The molecule has 33 heavy (non-hydrogen) atoms. The number of rotatable bonds is 6. The minimum Gasteiger partial charge on any atom is -0.466 e. The molecule has 0 spiro atoms. The van der Waals surface area contributed by atoms with Crippen LogP contribution in [0.2, 0.25) is 5.02 Å². The molecule has 0 bridgehead atoms. The number of esters is 2. The first-order valence-electron chi connectivity index (χ1n) is 9.78. The van der Waals surface area contributed by atoms with E-state index in [1.807, 2.05) is 0 Å². The first kappa shape index (κ1) is 24.8. The second-order valence-electron chi connectivity index (χ2n) is 7.23. The molecule has 0 saturated heterocycles. The largest absolute Gasteiger partial charge is 0.466 e. The van der Waals surface area contributed by atoms with Crippen molar-refractivity contribution < 1.29 is 37.0 Å². The SMILES string of the molecule is COC(=O)c1c(N[C@](NC(=O)c2ccc(Cl)cc2)(C(=O)OC)C(F)(F)F)sc2c1CCCC2. The van der Waals surface area contributed by atoms with Crippen LogP contribution in [0.5, 0.6) is 0 Å². The van der Waals surface area contributed by atoms with Crippen LogP contribution in [0.15, 0.2) is 24.3 Å². The van der Waals surface area contributed by atoms with Crippen LogP contribution in [0.3, 0.4) is 0 Å². The van der Waals surface area contributed by atoms with Crippen molar-refractivity contribution in [2.45, 2.75) is 37.5 Å². The Morgan fingerprint density at radius 1 is 1.03 bits per heavy atom. The molecule has 1 aliphatic rings. The van der Waals surface area contributed by atoms with Gasteiger partial charge in [0.2, 0.25) is 0 Å². The second kappa shape index (κ2) is 9.60. The van der Waals surface area contributed by atoms with E-state index < -0.39 is 29.7 Å². The summed E-state index contributed by atoms with van der Waals surface area (Å²) in [6.45, 7) is 0. The number of hydrogen-bond acceptors (Lipinski definition) is 7. The van der Waals surface area contributed by atoms with E-state index in [1.165, 1.54) is 24.3 Å². The van der Waals surface area contributed by atoms with Crippen molar-refractivity contribution in [2.75, 3.05) is 19.5 Å². The maximum Gasteiger partial charge on any atom is 0.441 e. The average molecular weight is 505 g/mol. The fourth-order valence-corrected chi connectivity index (χ4v) is 4.99. The molecule has 0 aliphatic heterocycles. The van der Waals surface area contributed by atoms with Gasteiger partial charge >= 0.3 is 23.8 Å². The molecule has 1 aromatic heterocycles. The van der Waals surface area contributed by atoms with Crippen molar-refractivity contribution in [3.63, 3.8) is 0 Å². The van der Waals surface area contributed by atoms with Crippen molar-refractivity contribution in [3.8, 4) is 0 Å². The van der Waals surface area contributed by atoms with Gasteiger partial charge in [0.15, 0.2) is 0 Å². The van der Waals surface area contributed by atoms with E-state index in [4.69, 9.17) is 16.3 Å². The summed E-state index contributed by atoms with van der Waals surface area (Å²) in [4.78, 5) is 38.4. The number of halogens is 4. The Labute approximate surface area is 196 Å². The molecule has 1 aromatic carbocycles. The highest BCUT2D eigenvalue weighted by molar-refractivity contribution is 7.16. The van der Waals surface area contributed by atoms with Crippen LogP contribution in [0.4, 0.5) is 18.2 Å². The molecule has 178 valence electrons. The number of thiophene rings is 1. The number of fused-ring (bicyclic) bond motifs is 1. The number of carbonyl (C=O) groups is 3. The van der Waals surface area contributed by atoms with Crippen LogP contribution in [0, 0.1) is 0 Å². The minimum atomic E-state index is -5.35. The number of hydrogen-bond donors (Lipinski definition) is 2. The van der Waals surface area contributed by atoms with Crippen LogP contribution in [-0.2, 0) is 27.1 Å². The number of methoxy groups -OCH3 is 2. The summed E-state index contributed by atoms with van der Waals surface area (Å²) in [5, 5.41) is 3.86. The van der Waals surface area contributed by atoms with Gasteiger partial charge < -0.3 is 20.1 Å². The molecular formula is C21H20ClF3N2O5S.